The molecule has 0 bridgehead atoms. The highest BCUT2D eigenvalue weighted by atomic mass is 19.1. The van der Waals surface area contributed by atoms with Crippen LogP contribution in [0.25, 0.3) is 0 Å². The standard InChI is InChI=1S/C19H23FN2O/c1-16-5-4-6-17(15-16)22-11-9-21(10-12-22)13-14-23-19-8-3-2-7-18(19)20/h2-8,15H,9-14H2,1H3. The summed E-state index contributed by atoms with van der Waals surface area (Å²) in [7, 11) is 0. The molecule has 0 aliphatic carbocycles. The summed E-state index contributed by atoms with van der Waals surface area (Å²) in [5.74, 6) is 0.0441. The van der Waals surface area contributed by atoms with E-state index in [9.17, 15) is 4.39 Å². The molecular weight excluding hydrogens is 291 g/mol. The normalized spacial score (nSPS) is 15.7. The summed E-state index contributed by atoms with van der Waals surface area (Å²) in [6, 6.07) is 15.2. The molecule has 2 aromatic rings. The van der Waals surface area contributed by atoms with Gasteiger partial charge in [0.25, 0.3) is 0 Å². The van der Waals surface area contributed by atoms with E-state index >= 15 is 0 Å². The van der Waals surface area contributed by atoms with Gasteiger partial charge in [0.2, 0.25) is 0 Å². The molecule has 1 heterocycles. The van der Waals surface area contributed by atoms with Gasteiger partial charge in [-0.25, -0.2) is 4.39 Å². The number of hydrogen-bond acceptors (Lipinski definition) is 3. The first-order valence-corrected chi connectivity index (χ1v) is 8.14. The van der Waals surface area contributed by atoms with Crippen molar-refractivity contribution in [1.29, 1.82) is 0 Å². The summed E-state index contributed by atoms with van der Waals surface area (Å²) in [4.78, 5) is 4.79. The maximum Gasteiger partial charge on any atom is 0.165 e. The zero-order valence-electron chi connectivity index (χ0n) is 13.5. The van der Waals surface area contributed by atoms with Gasteiger partial charge in [0.15, 0.2) is 11.6 Å². The van der Waals surface area contributed by atoms with Crippen LogP contribution in [0.5, 0.6) is 5.75 Å². The molecule has 0 unspecified atom stereocenters. The number of para-hydroxylation sites is 1. The minimum absolute atomic E-state index is 0.295. The average molecular weight is 314 g/mol. The van der Waals surface area contributed by atoms with Crippen molar-refractivity contribution in [2.24, 2.45) is 0 Å². The molecule has 0 N–H and O–H groups in total. The van der Waals surface area contributed by atoms with Crippen molar-refractivity contribution in [2.75, 3.05) is 44.2 Å². The fourth-order valence-electron chi connectivity index (χ4n) is 2.90. The zero-order valence-corrected chi connectivity index (χ0v) is 13.5. The van der Waals surface area contributed by atoms with Gasteiger partial charge in [0, 0.05) is 38.4 Å². The highest BCUT2D eigenvalue weighted by Gasteiger charge is 2.17. The molecule has 4 heteroatoms. The topological polar surface area (TPSA) is 15.7 Å². The first kappa shape index (κ1) is 15.8. The second-order valence-electron chi connectivity index (χ2n) is 5.95. The Morgan fingerprint density at radius 3 is 2.52 bits per heavy atom. The molecule has 23 heavy (non-hydrogen) atoms. The Bertz CT molecular complexity index is 639. The van der Waals surface area contributed by atoms with Crippen LogP contribution in [0.2, 0.25) is 0 Å². The van der Waals surface area contributed by atoms with Crippen LogP contribution < -0.4 is 9.64 Å². The molecular formula is C19H23FN2O. The molecule has 0 radical (unpaired) electrons. The minimum Gasteiger partial charge on any atom is -0.489 e. The maximum atomic E-state index is 13.5. The van der Waals surface area contributed by atoms with E-state index in [1.165, 1.54) is 17.3 Å². The lowest BCUT2D eigenvalue weighted by Crippen LogP contribution is -2.47. The van der Waals surface area contributed by atoms with Gasteiger partial charge in [-0.2, -0.15) is 0 Å². The molecule has 0 atom stereocenters. The van der Waals surface area contributed by atoms with E-state index in [0.29, 0.717) is 12.4 Å². The second kappa shape index (κ2) is 7.47. The van der Waals surface area contributed by atoms with Gasteiger partial charge in [-0.05, 0) is 36.8 Å². The molecule has 1 fully saturated rings. The van der Waals surface area contributed by atoms with Crippen LogP contribution in [0.1, 0.15) is 5.56 Å². The van der Waals surface area contributed by atoms with Gasteiger partial charge >= 0.3 is 0 Å². The second-order valence-corrected chi connectivity index (χ2v) is 5.95. The van der Waals surface area contributed by atoms with Gasteiger partial charge in [0.1, 0.15) is 6.61 Å². The van der Waals surface area contributed by atoms with Crippen molar-refractivity contribution in [2.45, 2.75) is 6.92 Å². The van der Waals surface area contributed by atoms with E-state index in [-0.39, 0.29) is 5.82 Å². The zero-order chi connectivity index (χ0) is 16.1. The van der Waals surface area contributed by atoms with Gasteiger partial charge in [-0.3, -0.25) is 4.90 Å². The van der Waals surface area contributed by atoms with Crippen LogP contribution in [0.15, 0.2) is 48.5 Å². The first-order chi connectivity index (χ1) is 11.2. The van der Waals surface area contributed by atoms with Crippen LogP contribution >= 0.6 is 0 Å². The van der Waals surface area contributed by atoms with Crippen molar-refractivity contribution >= 4 is 5.69 Å². The van der Waals surface area contributed by atoms with Gasteiger partial charge < -0.3 is 9.64 Å². The SMILES string of the molecule is Cc1cccc(N2CCN(CCOc3ccccc3F)CC2)c1. The maximum absolute atomic E-state index is 13.5. The van der Waals surface area contributed by atoms with Crippen molar-refractivity contribution in [3.63, 3.8) is 0 Å². The molecule has 0 aromatic heterocycles. The number of anilines is 1. The third-order valence-corrected chi connectivity index (χ3v) is 4.24. The highest BCUT2D eigenvalue weighted by Crippen LogP contribution is 2.18. The van der Waals surface area contributed by atoms with E-state index in [2.05, 4.69) is 41.0 Å². The Morgan fingerprint density at radius 2 is 1.78 bits per heavy atom. The number of nitrogens with zero attached hydrogens (tertiary/aromatic N) is 2. The summed E-state index contributed by atoms with van der Waals surface area (Å²) >= 11 is 0. The van der Waals surface area contributed by atoms with Crippen LogP contribution in [0, 0.1) is 12.7 Å². The molecule has 2 aromatic carbocycles. The Balaban J connectivity index is 1.44. The van der Waals surface area contributed by atoms with Crippen molar-refractivity contribution in [1.82, 2.24) is 4.90 Å². The fourth-order valence-corrected chi connectivity index (χ4v) is 2.90. The summed E-state index contributed by atoms with van der Waals surface area (Å²) in [5, 5.41) is 0. The van der Waals surface area contributed by atoms with Crippen LogP contribution in [0.4, 0.5) is 10.1 Å². The van der Waals surface area contributed by atoms with Crippen LogP contribution in [-0.2, 0) is 0 Å². The predicted molar refractivity (Wildman–Crippen MR) is 91.7 cm³/mol. The lowest BCUT2D eigenvalue weighted by atomic mass is 10.2. The predicted octanol–water partition coefficient (Wildman–Crippen LogP) is 3.34. The number of benzene rings is 2. The average Bonchev–Trinajstić information content (AvgIpc) is 2.57. The Labute approximate surface area is 137 Å². The van der Waals surface area contributed by atoms with E-state index in [1.54, 1.807) is 18.2 Å². The molecule has 3 nitrogen and oxygen atoms in total. The van der Waals surface area contributed by atoms with E-state index < -0.39 is 0 Å². The van der Waals surface area contributed by atoms with Gasteiger partial charge in [-0.15, -0.1) is 0 Å². The summed E-state index contributed by atoms with van der Waals surface area (Å²) in [6.07, 6.45) is 0. The molecule has 122 valence electrons. The molecule has 0 amide bonds. The molecule has 1 aliphatic rings. The third-order valence-electron chi connectivity index (χ3n) is 4.24. The minimum atomic E-state index is -0.295. The highest BCUT2D eigenvalue weighted by molar-refractivity contribution is 5.48. The lowest BCUT2D eigenvalue weighted by Gasteiger charge is -2.36. The summed E-state index contributed by atoms with van der Waals surface area (Å²) < 4.78 is 19.0. The van der Waals surface area contributed by atoms with Crippen LogP contribution in [0.3, 0.4) is 0 Å². The first-order valence-electron chi connectivity index (χ1n) is 8.14. The Morgan fingerprint density at radius 1 is 1.00 bits per heavy atom. The number of hydrogen-bond donors (Lipinski definition) is 0. The molecule has 1 saturated heterocycles. The number of ether oxygens (including phenoxy) is 1. The summed E-state index contributed by atoms with van der Waals surface area (Å²) in [5.41, 5.74) is 2.59. The molecule has 0 saturated carbocycles. The van der Waals surface area contributed by atoms with E-state index in [1.807, 2.05) is 0 Å². The van der Waals surface area contributed by atoms with Crippen LogP contribution in [-0.4, -0.2) is 44.2 Å². The fraction of sp³-hybridized carbons (Fsp3) is 0.368. The number of aryl methyl sites for hydroxylation is 1. The smallest absolute Gasteiger partial charge is 0.165 e. The monoisotopic (exact) mass is 314 g/mol. The largest absolute Gasteiger partial charge is 0.489 e. The summed E-state index contributed by atoms with van der Waals surface area (Å²) in [6.45, 7) is 7.52. The molecule has 0 spiro atoms. The van der Waals surface area contributed by atoms with Gasteiger partial charge in [-0.1, -0.05) is 24.3 Å². The Hall–Kier alpha value is -2.07. The molecule has 1 aliphatic heterocycles. The van der Waals surface area contributed by atoms with E-state index in [4.69, 9.17) is 4.74 Å². The quantitative estimate of drug-likeness (QED) is 0.842. The molecule has 3 rings (SSSR count). The van der Waals surface area contributed by atoms with Gasteiger partial charge in [0.05, 0.1) is 0 Å². The van der Waals surface area contributed by atoms with Crippen molar-refractivity contribution in [3.8, 4) is 5.75 Å². The van der Waals surface area contributed by atoms with E-state index in [0.717, 1.165) is 32.7 Å². The number of halogens is 1. The Kier molecular flexibility index (Phi) is 5.13. The lowest BCUT2D eigenvalue weighted by molar-refractivity contribution is 0.197. The number of piperazine rings is 1. The third kappa shape index (κ3) is 4.23. The van der Waals surface area contributed by atoms with Crippen molar-refractivity contribution in [3.05, 3.63) is 59.9 Å². The number of rotatable bonds is 5. The van der Waals surface area contributed by atoms with Crippen molar-refractivity contribution < 1.29 is 9.13 Å².